The molecule has 0 radical (unpaired) electrons. The van der Waals surface area contributed by atoms with Crippen LogP contribution in [0.2, 0.25) is 0 Å². The highest BCUT2D eigenvalue weighted by molar-refractivity contribution is 5.36. The average molecular weight is 229 g/mol. The van der Waals surface area contributed by atoms with Crippen molar-refractivity contribution in [3.8, 4) is 0 Å². The third-order valence-electron chi connectivity index (χ3n) is 2.39. The van der Waals surface area contributed by atoms with Crippen LogP contribution in [0.3, 0.4) is 0 Å². The molecular weight excluding hydrogens is 214 g/mol. The molecule has 0 aliphatic carbocycles. The van der Waals surface area contributed by atoms with E-state index in [1.165, 1.54) is 0 Å². The van der Waals surface area contributed by atoms with Gasteiger partial charge in [0.15, 0.2) is 0 Å². The van der Waals surface area contributed by atoms with Gasteiger partial charge in [-0.15, -0.1) is 0 Å². The number of anilines is 1. The second kappa shape index (κ2) is 5.36. The van der Waals surface area contributed by atoms with E-state index in [4.69, 9.17) is 5.73 Å². The third-order valence-corrected chi connectivity index (χ3v) is 2.39. The third kappa shape index (κ3) is 2.98. The molecule has 2 aromatic rings. The number of hydrogen-bond donors (Lipinski definition) is 1. The van der Waals surface area contributed by atoms with Crippen LogP contribution in [0.1, 0.15) is 11.5 Å². The number of rotatable bonds is 4. The van der Waals surface area contributed by atoms with Crippen LogP contribution in [-0.4, -0.2) is 22.0 Å². The number of hydrogen-bond acceptors (Lipinski definition) is 5. The van der Waals surface area contributed by atoms with E-state index in [-0.39, 0.29) is 0 Å². The van der Waals surface area contributed by atoms with Crippen molar-refractivity contribution in [3.05, 3.63) is 48.2 Å². The fourth-order valence-electron chi connectivity index (χ4n) is 1.51. The number of pyridine rings is 1. The van der Waals surface area contributed by atoms with Gasteiger partial charge in [0.25, 0.3) is 0 Å². The van der Waals surface area contributed by atoms with Crippen molar-refractivity contribution in [1.82, 2.24) is 15.0 Å². The Hall–Kier alpha value is -2.01. The van der Waals surface area contributed by atoms with Gasteiger partial charge in [0.05, 0.1) is 18.8 Å². The second-order valence-corrected chi connectivity index (χ2v) is 3.71. The molecule has 0 unspecified atom stereocenters. The zero-order valence-corrected chi connectivity index (χ0v) is 9.74. The molecule has 0 fully saturated rings. The highest BCUT2D eigenvalue weighted by atomic mass is 15.2. The summed E-state index contributed by atoms with van der Waals surface area (Å²) in [5.74, 6) is 1.50. The van der Waals surface area contributed by atoms with Crippen molar-refractivity contribution in [1.29, 1.82) is 0 Å². The normalized spacial score (nSPS) is 10.2. The van der Waals surface area contributed by atoms with E-state index in [0.717, 1.165) is 11.5 Å². The summed E-state index contributed by atoms with van der Waals surface area (Å²) in [4.78, 5) is 14.7. The maximum atomic E-state index is 5.52. The Kier molecular flexibility index (Phi) is 3.62. The Balaban J connectivity index is 2.11. The molecule has 0 bridgehead atoms. The Bertz CT molecular complexity index is 471. The first-order chi connectivity index (χ1) is 8.29. The summed E-state index contributed by atoms with van der Waals surface area (Å²) in [5.41, 5.74) is 6.52. The summed E-state index contributed by atoms with van der Waals surface area (Å²) in [5, 5.41) is 0. The molecule has 0 saturated heterocycles. The zero-order chi connectivity index (χ0) is 12.1. The lowest BCUT2D eigenvalue weighted by atomic mass is 10.3. The molecule has 5 heteroatoms. The fraction of sp³-hybridized carbons (Fsp3) is 0.250. The Morgan fingerprint density at radius 2 is 2.06 bits per heavy atom. The summed E-state index contributed by atoms with van der Waals surface area (Å²) in [6.07, 6.45) is 3.51. The van der Waals surface area contributed by atoms with Gasteiger partial charge in [0, 0.05) is 19.4 Å². The van der Waals surface area contributed by atoms with Crippen LogP contribution in [0.5, 0.6) is 0 Å². The monoisotopic (exact) mass is 229 g/mol. The van der Waals surface area contributed by atoms with Crippen molar-refractivity contribution >= 4 is 5.82 Å². The first-order valence-corrected chi connectivity index (χ1v) is 5.42. The fourth-order valence-corrected chi connectivity index (χ4v) is 1.51. The van der Waals surface area contributed by atoms with E-state index in [1.807, 2.05) is 36.2 Å². The standard InChI is InChI=1S/C12H15N5/c1-17(9-10-4-2-3-6-14-10)12-5-7-15-11(8-13)16-12/h2-7H,8-9,13H2,1H3. The lowest BCUT2D eigenvalue weighted by Gasteiger charge is -2.17. The molecule has 0 amide bonds. The molecule has 88 valence electrons. The van der Waals surface area contributed by atoms with Crippen LogP contribution in [-0.2, 0) is 13.1 Å². The summed E-state index contributed by atoms with van der Waals surface area (Å²) >= 11 is 0. The van der Waals surface area contributed by atoms with Gasteiger partial charge in [0.1, 0.15) is 11.6 Å². The molecule has 0 atom stereocenters. The molecule has 0 spiro atoms. The minimum atomic E-state index is 0.352. The highest BCUT2D eigenvalue weighted by Crippen LogP contribution is 2.10. The minimum Gasteiger partial charge on any atom is -0.354 e. The predicted octanol–water partition coefficient (Wildman–Crippen LogP) is 0.967. The van der Waals surface area contributed by atoms with E-state index < -0.39 is 0 Å². The van der Waals surface area contributed by atoms with Crippen molar-refractivity contribution in [2.45, 2.75) is 13.1 Å². The van der Waals surface area contributed by atoms with Gasteiger partial charge < -0.3 is 10.6 Å². The van der Waals surface area contributed by atoms with Crippen LogP contribution in [0.25, 0.3) is 0 Å². The molecule has 2 aromatic heterocycles. The van der Waals surface area contributed by atoms with E-state index in [2.05, 4.69) is 15.0 Å². The van der Waals surface area contributed by atoms with Gasteiger partial charge in [-0.05, 0) is 18.2 Å². The maximum absolute atomic E-state index is 5.52. The molecular formula is C12H15N5. The Labute approximate surface area is 100 Å². The molecule has 0 aromatic carbocycles. The summed E-state index contributed by atoms with van der Waals surface area (Å²) in [7, 11) is 1.97. The molecule has 0 saturated carbocycles. The SMILES string of the molecule is CN(Cc1ccccn1)c1ccnc(CN)n1. The zero-order valence-electron chi connectivity index (χ0n) is 9.74. The lowest BCUT2D eigenvalue weighted by Crippen LogP contribution is -2.19. The molecule has 5 nitrogen and oxygen atoms in total. The van der Waals surface area contributed by atoms with Crippen molar-refractivity contribution < 1.29 is 0 Å². The van der Waals surface area contributed by atoms with Gasteiger partial charge in [-0.2, -0.15) is 0 Å². The molecule has 2 rings (SSSR count). The quantitative estimate of drug-likeness (QED) is 0.846. The largest absolute Gasteiger partial charge is 0.354 e. The lowest BCUT2D eigenvalue weighted by molar-refractivity contribution is 0.833. The smallest absolute Gasteiger partial charge is 0.144 e. The molecule has 2 heterocycles. The maximum Gasteiger partial charge on any atom is 0.144 e. The number of aromatic nitrogens is 3. The van der Waals surface area contributed by atoms with Crippen LogP contribution in [0.4, 0.5) is 5.82 Å². The first-order valence-electron chi connectivity index (χ1n) is 5.42. The van der Waals surface area contributed by atoms with Gasteiger partial charge in [-0.1, -0.05) is 6.07 Å². The van der Waals surface area contributed by atoms with Gasteiger partial charge in [-0.3, -0.25) is 4.98 Å². The number of nitrogens with two attached hydrogens (primary N) is 1. The summed E-state index contributed by atoms with van der Waals surface area (Å²) in [6.45, 7) is 1.06. The predicted molar refractivity (Wildman–Crippen MR) is 66.3 cm³/mol. The first kappa shape index (κ1) is 11.5. The molecule has 0 aliphatic rings. The van der Waals surface area contributed by atoms with Gasteiger partial charge in [0.2, 0.25) is 0 Å². The van der Waals surface area contributed by atoms with Crippen molar-refractivity contribution in [2.24, 2.45) is 5.73 Å². The molecule has 17 heavy (non-hydrogen) atoms. The molecule has 2 N–H and O–H groups in total. The van der Waals surface area contributed by atoms with Crippen LogP contribution < -0.4 is 10.6 Å². The van der Waals surface area contributed by atoms with E-state index in [1.54, 1.807) is 12.4 Å². The topological polar surface area (TPSA) is 67.9 Å². The molecule has 0 aliphatic heterocycles. The highest BCUT2D eigenvalue weighted by Gasteiger charge is 2.05. The van der Waals surface area contributed by atoms with Crippen molar-refractivity contribution in [3.63, 3.8) is 0 Å². The van der Waals surface area contributed by atoms with Gasteiger partial charge >= 0.3 is 0 Å². The summed E-state index contributed by atoms with van der Waals surface area (Å²) in [6, 6.07) is 7.73. The van der Waals surface area contributed by atoms with E-state index in [9.17, 15) is 0 Å². The Morgan fingerprint density at radius 3 is 2.76 bits per heavy atom. The summed E-state index contributed by atoms with van der Waals surface area (Å²) < 4.78 is 0. The minimum absolute atomic E-state index is 0.352. The second-order valence-electron chi connectivity index (χ2n) is 3.71. The van der Waals surface area contributed by atoms with Crippen LogP contribution >= 0.6 is 0 Å². The van der Waals surface area contributed by atoms with E-state index in [0.29, 0.717) is 18.9 Å². The van der Waals surface area contributed by atoms with Gasteiger partial charge in [-0.25, -0.2) is 9.97 Å². The van der Waals surface area contributed by atoms with Crippen LogP contribution in [0.15, 0.2) is 36.7 Å². The average Bonchev–Trinajstić information content (AvgIpc) is 2.40. The Morgan fingerprint density at radius 1 is 1.18 bits per heavy atom. The van der Waals surface area contributed by atoms with E-state index >= 15 is 0 Å². The van der Waals surface area contributed by atoms with Crippen LogP contribution in [0, 0.1) is 0 Å². The van der Waals surface area contributed by atoms with Crippen molar-refractivity contribution in [2.75, 3.05) is 11.9 Å². The number of nitrogens with zero attached hydrogens (tertiary/aromatic N) is 4.